The lowest BCUT2D eigenvalue weighted by Crippen LogP contribution is -2.41. The molecule has 0 saturated carbocycles. The lowest BCUT2D eigenvalue weighted by Gasteiger charge is -2.38. The fraction of sp³-hybridized carbons (Fsp3) is 0.269. The van der Waals surface area contributed by atoms with E-state index in [4.69, 9.17) is 21.1 Å². The maximum atomic E-state index is 13.4. The number of fused-ring (bicyclic) bond motifs is 1. The molecule has 4 nitrogen and oxygen atoms in total. The van der Waals surface area contributed by atoms with Crippen molar-refractivity contribution in [2.24, 2.45) is 0 Å². The number of benzene rings is 3. The van der Waals surface area contributed by atoms with E-state index in [0.717, 1.165) is 27.9 Å². The summed E-state index contributed by atoms with van der Waals surface area (Å²) in [5, 5.41) is 0.640. The summed E-state index contributed by atoms with van der Waals surface area (Å²) < 4.78 is 11.7. The zero-order valence-electron chi connectivity index (χ0n) is 18.0. The van der Waals surface area contributed by atoms with Crippen molar-refractivity contribution in [3.8, 4) is 11.5 Å². The van der Waals surface area contributed by atoms with Gasteiger partial charge in [0.1, 0.15) is 0 Å². The number of hydrogen-bond acceptors (Lipinski definition) is 3. The van der Waals surface area contributed by atoms with E-state index in [9.17, 15) is 4.79 Å². The van der Waals surface area contributed by atoms with Crippen LogP contribution in [0.25, 0.3) is 0 Å². The molecule has 3 aromatic rings. The molecule has 0 fully saturated rings. The average Bonchev–Trinajstić information content (AvgIpc) is 2.75. The van der Waals surface area contributed by atoms with Gasteiger partial charge in [-0.25, -0.2) is 0 Å². The van der Waals surface area contributed by atoms with Gasteiger partial charge in [0, 0.05) is 10.7 Å². The van der Waals surface area contributed by atoms with Crippen molar-refractivity contribution in [3.05, 3.63) is 87.9 Å². The topological polar surface area (TPSA) is 38.8 Å². The minimum Gasteiger partial charge on any atom is -0.490 e. The highest BCUT2D eigenvalue weighted by atomic mass is 35.5. The minimum atomic E-state index is -0.271. The Labute approximate surface area is 188 Å². The van der Waals surface area contributed by atoms with Crippen LogP contribution in [0.1, 0.15) is 42.1 Å². The Hall–Kier alpha value is -2.98. The van der Waals surface area contributed by atoms with Crippen molar-refractivity contribution in [2.75, 3.05) is 18.1 Å². The number of hydrogen-bond donors (Lipinski definition) is 0. The van der Waals surface area contributed by atoms with Gasteiger partial charge in [0.2, 0.25) is 5.91 Å². The summed E-state index contributed by atoms with van der Waals surface area (Å²) in [4.78, 5) is 15.3. The molecule has 1 amide bonds. The van der Waals surface area contributed by atoms with Crippen LogP contribution in [-0.2, 0) is 11.2 Å². The van der Waals surface area contributed by atoms with E-state index >= 15 is 0 Å². The summed E-state index contributed by atoms with van der Waals surface area (Å²) >= 11 is 6.11. The molecule has 160 valence electrons. The Morgan fingerprint density at radius 1 is 0.968 bits per heavy atom. The van der Waals surface area contributed by atoms with Crippen LogP contribution in [0.15, 0.2) is 60.7 Å². The lowest BCUT2D eigenvalue weighted by atomic mass is 9.86. The second kappa shape index (κ2) is 9.03. The molecular formula is C26H26ClNO3. The van der Waals surface area contributed by atoms with Crippen molar-refractivity contribution in [3.63, 3.8) is 0 Å². The number of halogens is 1. The zero-order chi connectivity index (χ0) is 22.0. The van der Waals surface area contributed by atoms with Gasteiger partial charge in [-0.15, -0.1) is 0 Å². The predicted octanol–water partition coefficient (Wildman–Crippen LogP) is 6.12. The molecule has 1 heterocycles. The molecule has 0 aliphatic carbocycles. The van der Waals surface area contributed by atoms with Crippen molar-refractivity contribution >= 4 is 23.2 Å². The number of nitrogens with zero attached hydrogens (tertiary/aromatic N) is 1. The van der Waals surface area contributed by atoms with Gasteiger partial charge < -0.3 is 14.4 Å². The largest absolute Gasteiger partial charge is 0.490 e. The van der Waals surface area contributed by atoms with E-state index in [1.54, 1.807) is 0 Å². The smallest absolute Gasteiger partial charge is 0.232 e. The molecule has 3 aromatic carbocycles. The van der Waals surface area contributed by atoms with E-state index in [-0.39, 0.29) is 11.9 Å². The summed E-state index contributed by atoms with van der Waals surface area (Å²) in [6, 6.07) is 19.4. The molecule has 1 aliphatic rings. The molecule has 0 aromatic heterocycles. The number of aryl methyl sites for hydroxylation is 1. The van der Waals surface area contributed by atoms with E-state index in [0.29, 0.717) is 36.2 Å². The first-order valence-corrected chi connectivity index (χ1v) is 11.0. The summed E-state index contributed by atoms with van der Waals surface area (Å²) in [5.41, 5.74) is 5.03. The normalized spacial score (nSPS) is 15.5. The number of carbonyl (C=O) groups excluding carboxylic acids is 1. The van der Waals surface area contributed by atoms with Crippen LogP contribution in [0.3, 0.4) is 0 Å². The number of ether oxygens (including phenoxy) is 2. The molecule has 5 heteroatoms. The average molecular weight is 436 g/mol. The molecule has 0 unspecified atom stereocenters. The Kier molecular flexibility index (Phi) is 6.19. The van der Waals surface area contributed by atoms with Gasteiger partial charge in [0.25, 0.3) is 0 Å². The maximum absolute atomic E-state index is 13.4. The van der Waals surface area contributed by atoms with Crippen LogP contribution in [0, 0.1) is 6.92 Å². The van der Waals surface area contributed by atoms with Gasteiger partial charge in [-0.05, 0) is 73.9 Å². The van der Waals surface area contributed by atoms with Crippen molar-refractivity contribution in [2.45, 2.75) is 33.2 Å². The van der Waals surface area contributed by atoms with Gasteiger partial charge in [0.05, 0.1) is 25.7 Å². The van der Waals surface area contributed by atoms with Crippen molar-refractivity contribution in [1.29, 1.82) is 0 Å². The second-order valence-electron chi connectivity index (χ2n) is 7.60. The fourth-order valence-electron chi connectivity index (χ4n) is 4.16. The Bertz CT molecular complexity index is 1090. The van der Waals surface area contributed by atoms with Crippen LogP contribution in [-0.4, -0.2) is 19.1 Å². The third-order valence-electron chi connectivity index (χ3n) is 5.43. The fourth-order valence-corrected chi connectivity index (χ4v) is 4.28. The standard InChI is InChI=1S/C26H26ClNO3/c1-4-30-23-14-19-15-25(29)28(21-11-9-20(27)10-12-21)26(18-8-6-7-17(3)13-18)22(19)16-24(23)31-5-2/h6-14,16,26H,4-5,15H2,1-3H3/t26-/m1/s1. The number of rotatable bonds is 6. The maximum Gasteiger partial charge on any atom is 0.232 e. The van der Waals surface area contributed by atoms with Gasteiger partial charge in [-0.1, -0.05) is 41.4 Å². The Morgan fingerprint density at radius 3 is 2.29 bits per heavy atom. The molecule has 0 saturated heterocycles. The van der Waals surface area contributed by atoms with Gasteiger partial charge >= 0.3 is 0 Å². The van der Waals surface area contributed by atoms with E-state index in [1.807, 2.05) is 61.2 Å². The molecule has 1 atom stereocenters. The second-order valence-corrected chi connectivity index (χ2v) is 8.03. The monoisotopic (exact) mass is 435 g/mol. The molecule has 0 bridgehead atoms. The molecule has 31 heavy (non-hydrogen) atoms. The summed E-state index contributed by atoms with van der Waals surface area (Å²) in [6.45, 7) is 7.03. The van der Waals surface area contributed by atoms with Crippen LogP contribution in [0.2, 0.25) is 5.02 Å². The van der Waals surface area contributed by atoms with E-state index < -0.39 is 0 Å². The molecule has 0 N–H and O–H groups in total. The van der Waals surface area contributed by atoms with E-state index in [2.05, 4.69) is 25.1 Å². The summed E-state index contributed by atoms with van der Waals surface area (Å²) in [5.74, 6) is 1.41. The van der Waals surface area contributed by atoms with Crippen LogP contribution in [0.5, 0.6) is 11.5 Å². The Balaban J connectivity index is 1.93. The molecule has 4 rings (SSSR count). The quantitative estimate of drug-likeness (QED) is 0.467. The Morgan fingerprint density at radius 2 is 1.65 bits per heavy atom. The summed E-state index contributed by atoms with van der Waals surface area (Å²) in [7, 11) is 0. The molecule has 0 spiro atoms. The molecule has 0 radical (unpaired) electrons. The van der Waals surface area contributed by atoms with Gasteiger partial charge in [0.15, 0.2) is 11.5 Å². The van der Waals surface area contributed by atoms with Crippen LogP contribution < -0.4 is 14.4 Å². The molecular weight excluding hydrogens is 410 g/mol. The van der Waals surface area contributed by atoms with Gasteiger partial charge in [-0.3, -0.25) is 4.79 Å². The third-order valence-corrected chi connectivity index (χ3v) is 5.68. The highest BCUT2D eigenvalue weighted by Gasteiger charge is 2.36. The first-order valence-electron chi connectivity index (χ1n) is 10.6. The third kappa shape index (κ3) is 4.26. The lowest BCUT2D eigenvalue weighted by molar-refractivity contribution is -0.118. The van der Waals surface area contributed by atoms with Crippen molar-refractivity contribution < 1.29 is 14.3 Å². The highest BCUT2D eigenvalue weighted by Crippen LogP contribution is 2.43. The predicted molar refractivity (Wildman–Crippen MR) is 124 cm³/mol. The van der Waals surface area contributed by atoms with E-state index in [1.165, 1.54) is 0 Å². The number of anilines is 1. The van der Waals surface area contributed by atoms with Gasteiger partial charge in [-0.2, -0.15) is 0 Å². The minimum absolute atomic E-state index is 0.0351. The number of carbonyl (C=O) groups is 1. The number of amides is 1. The van der Waals surface area contributed by atoms with Crippen LogP contribution >= 0.6 is 11.6 Å². The highest BCUT2D eigenvalue weighted by molar-refractivity contribution is 6.30. The van der Waals surface area contributed by atoms with Crippen LogP contribution in [0.4, 0.5) is 5.69 Å². The van der Waals surface area contributed by atoms with Crippen molar-refractivity contribution in [1.82, 2.24) is 0 Å². The first-order chi connectivity index (χ1) is 15.0. The SMILES string of the molecule is CCOc1cc2c(cc1OCC)[C@@H](c1cccc(C)c1)N(c1ccc(Cl)cc1)C(=O)C2. The molecule has 1 aliphatic heterocycles. The zero-order valence-corrected chi connectivity index (χ0v) is 18.8. The first kappa shape index (κ1) is 21.3. The summed E-state index contributed by atoms with van der Waals surface area (Å²) in [6.07, 6.45) is 0.298.